The number of carbonyl (C=O) groups excluding carboxylic acids is 2. The van der Waals surface area contributed by atoms with Gasteiger partial charge in [0.25, 0.3) is 11.8 Å². The number of aromatic nitrogens is 1. The Labute approximate surface area is 147 Å². The molecule has 1 heterocycles. The van der Waals surface area contributed by atoms with E-state index in [0.29, 0.717) is 0 Å². The Bertz CT molecular complexity index is 805. The normalized spacial score (nSPS) is 13.5. The summed E-state index contributed by atoms with van der Waals surface area (Å²) in [5, 5.41) is 5.33. The molecule has 0 radical (unpaired) electrons. The van der Waals surface area contributed by atoms with Gasteiger partial charge in [0.05, 0.1) is 21.8 Å². The maximum absolute atomic E-state index is 13.9. The average Bonchev–Trinajstić information content (AvgIpc) is 3.31. The van der Waals surface area contributed by atoms with Crippen LogP contribution in [0.1, 0.15) is 33.6 Å². The molecule has 0 saturated heterocycles. The van der Waals surface area contributed by atoms with Crippen LogP contribution < -0.4 is 10.6 Å². The maximum Gasteiger partial charge on any atom is 0.260 e. The van der Waals surface area contributed by atoms with Crippen LogP contribution >= 0.6 is 23.2 Å². The first-order valence-electron chi connectivity index (χ1n) is 7.17. The van der Waals surface area contributed by atoms with Gasteiger partial charge in [-0.1, -0.05) is 29.3 Å². The van der Waals surface area contributed by atoms with E-state index in [1.165, 1.54) is 24.4 Å². The van der Waals surface area contributed by atoms with Gasteiger partial charge in [0, 0.05) is 12.2 Å². The molecule has 1 saturated carbocycles. The minimum atomic E-state index is -0.777. The summed E-state index contributed by atoms with van der Waals surface area (Å²) in [5.74, 6) is -1.92. The van der Waals surface area contributed by atoms with Crippen LogP contribution in [0.3, 0.4) is 0 Å². The average molecular weight is 368 g/mol. The van der Waals surface area contributed by atoms with Crippen molar-refractivity contribution in [3.63, 3.8) is 0 Å². The molecule has 0 aliphatic heterocycles. The monoisotopic (exact) mass is 367 g/mol. The fourth-order valence-electron chi connectivity index (χ4n) is 2.10. The van der Waals surface area contributed by atoms with E-state index in [9.17, 15) is 14.0 Å². The molecule has 1 aromatic heterocycles. The van der Waals surface area contributed by atoms with Crippen molar-refractivity contribution < 1.29 is 14.0 Å². The number of rotatable bonds is 4. The number of amides is 2. The van der Waals surface area contributed by atoms with Crippen LogP contribution in [0.4, 0.5) is 10.1 Å². The number of anilines is 1. The summed E-state index contributed by atoms with van der Waals surface area (Å²) in [6.07, 6.45) is 3.09. The highest BCUT2D eigenvalue weighted by molar-refractivity contribution is 6.34. The second-order valence-electron chi connectivity index (χ2n) is 5.35. The van der Waals surface area contributed by atoms with Crippen molar-refractivity contribution in [1.82, 2.24) is 10.3 Å². The van der Waals surface area contributed by atoms with E-state index in [4.69, 9.17) is 23.2 Å². The molecular formula is C16H12Cl2FN3O2. The molecule has 0 bridgehead atoms. The molecule has 1 fully saturated rings. The van der Waals surface area contributed by atoms with Gasteiger partial charge in [0.15, 0.2) is 0 Å². The van der Waals surface area contributed by atoms with Crippen molar-refractivity contribution in [2.75, 3.05) is 5.32 Å². The summed E-state index contributed by atoms with van der Waals surface area (Å²) in [7, 11) is 0. The van der Waals surface area contributed by atoms with Gasteiger partial charge in [0.1, 0.15) is 11.0 Å². The van der Waals surface area contributed by atoms with Gasteiger partial charge in [-0.05, 0) is 31.0 Å². The van der Waals surface area contributed by atoms with Crippen LogP contribution in [0.5, 0.6) is 0 Å². The van der Waals surface area contributed by atoms with Crippen molar-refractivity contribution in [1.29, 1.82) is 0 Å². The Balaban J connectivity index is 1.89. The standard InChI is InChI=1S/C16H12Cl2FN3O2/c17-10-2-1-3-11(19)14(10)16(24)22-12-6-13(18)20-7-9(12)15(23)21-8-4-5-8/h1-3,6-8H,4-5H2,(H,21,23)(H,20,22,24). The zero-order chi connectivity index (χ0) is 17.3. The first-order chi connectivity index (χ1) is 11.5. The summed E-state index contributed by atoms with van der Waals surface area (Å²) >= 11 is 11.7. The molecule has 0 unspecified atom stereocenters. The van der Waals surface area contributed by atoms with Gasteiger partial charge >= 0.3 is 0 Å². The molecule has 8 heteroatoms. The molecule has 0 atom stereocenters. The molecule has 1 aliphatic rings. The lowest BCUT2D eigenvalue weighted by atomic mass is 10.1. The molecule has 1 aromatic carbocycles. The van der Waals surface area contributed by atoms with E-state index in [0.717, 1.165) is 18.9 Å². The van der Waals surface area contributed by atoms with Crippen molar-refractivity contribution in [2.45, 2.75) is 18.9 Å². The smallest absolute Gasteiger partial charge is 0.260 e. The number of carbonyl (C=O) groups is 2. The Hall–Kier alpha value is -2.18. The first kappa shape index (κ1) is 16.7. The molecule has 124 valence electrons. The van der Waals surface area contributed by atoms with Gasteiger partial charge < -0.3 is 10.6 Å². The van der Waals surface area contributed by atoms with Crippen LogP contribution in [-0.4, -0.2) is 22.8 Å². The van der Waals surface area contributed by atoms with E-state index in [1.54, 1.807) is 0 Å². The van der Waals surface area contributed by atoms with Gasteiger partial charge in [-0.25, -0.2) is 9.37 Å². The highest BCUT2D eigenvalue weighted by atomic mass is 35.5. The fourth-order valence-corrected chi connectivity index (χ4v) is 2.51. The van der Waals surface area contributed by atoms with Crippen LogP contribution in [0, 0.1) is 5.82 Å². The number of nitrogens with one attached hydrogen (secondary N) is 2. The minimum Gasteiger partial charge on any atom is -0.349 e. The summed E-state index contributed by atoms with van der Waals surface area (Å²) in [4.78, 5) is 28.4. The highest BCUT2D eigenvalue weighted by Crippen LogP contribution is 2.25. The van der Waals surface area contributed by atoms with E-state index in [2.05, 4.69) is 15.6 Å². The zero-order valence-electron chi connectivity index (χ0n) is 12.3. The quantitative estimate of drug-likeness (QED) is 0.809. The van der Waals surface area contributed by atoms with E-state index in [1.807, 2.05) is 0 Å². The lowest BCUT2D eigenvalue weighted by Crippen LogP contribution is -2.27. The number of hydrogen-bond acceptors (Lipinski definition) is 3. The number of hydrogen-bond donors (Lipinski definition) is 2. The molecule has 2 N–H and O–H groups in total. The fraction of sp³-hybridized carbons (Fsp3) is 0.188. The predicted molar refractivity (Wildman–Crippen MR) is 89.1 cm³/mol. The topological polar surface area (TPSA) is 71.1 Å². The Morgan fingerprint density at radius 1 is 1.21 bits per heavy atom. The highest BCUT2D eigenvalue weighted by Gasteiger charge is 2.26. The van der Waals surface area contributed by atoms with E-state index < -0.39 is 11.7 Å². The van der Waals surface area contributed by atoms with Gasteiger partial charge in [-0.15, -0.1) is 0 Å². The summed E-state index contributed by atoms with van der Waals surface area (Å²) in [6.45, 7) is 0. The number of benzene rings is 1. The van der Waals surface area contributed by atoms with E-state index >= 15 is 0 Å². The van der Waals surface area contributed by atoms with Crippen LogP contribution in [0.25, 0.3) is 0 Å². The molecule has 5 nitrogen and oxygen atoms in total. The maximum atomic E-state index is 13.9. The largest absolute Gasteiger partial charge is 0.349 e. The first-order valence-corrected chi connectivity index (χ1v) is 7.93. The predicted octanol–water partition coefficient (Wildman–Crippen LogP) is 3.67. The van der Waals surface area contributed by atoms with Crippen molar-refractivity contribution in [2.24, 2.45) is 0 Å². The molecule has 2 amide bonds. The lowest BCUT2D eigenvalue weighted by Gasteiger charge is -2.12. The number of nitrogens with zero attached hydrogens (tertiary/aromatic N) is 1. The van der Waals surface area contributed by atoms with Crippen LogP contribution in [-0.2, 0) is 0 Å². The number of pyridine rings is 1. The third-order valence-corrected chi connectivity index (χ3v) is 3.99. The number of halogens is 3. The molecule has 0 spiro atoms. The molecule has 2 aromatic rings. The van der Waals surface area contributed by atoms with Crippen molar-refractivity contribution >= 4 is 40.7 Å². The third-order valence-electron chi connectivity index (χ3n) is 3.47. The second-order valence-corrected chi connectivity index (χ2v) is 6.15. The summed E-state index contributed by atoms with van der Waals surface area (Å²) in [5.41, 5.74) is -0.0229. The van der Waals surface area contributed by atoms with Gasteiger partial charge in [-0.2, -0.15) is 0 Å². The van der Waals surface area contributed by atoms with Crippen molar-refractivity contribution in [3.05, 3.63) is 57.6 Å². The summed E-state index contributed by atoms with van der Waals surface area (Å²) < 4.78 is 13.9. The Morgan fingerprint density at radius 3 is 2.62 bits per heavy atom. The lowest BCUT2D eigenvalue weighted by molar-refractivity contribution is 0.0951. The van der Waals surface area contributed by atoms with Gasteiger partial charge in [-0.3, -0.25) is 9.59 Å². The Morgan fingerprint density at radius 2 is 1.96 bits per heavy atom. The third kappa shape index (κ3) is 3.66. The van der Waals surface area contributed by atoms with Gasteiger partial charge in [0.2, 0.25) is 0 Å². The zero-order valence-corrected chi connectivity index (χ0v) is 13.8. The van der Waals surface area contributed by atoms with Crippen LogP contribution in [0.2, 0.25) is 10.2 Å². The van der Waals surface area contributed by atoms with Crippen molar-refractivity contribution in [3.8, 4) is 0 Å². The molecule has 24 heavy (non-hydrogen) atoms. The minimum absolute atomic E-state index is 0.0309. The van der Waals surface area contributed by atoms with Crippen LogP contribution in [0.15, 0.2) is 30.5 Å². The molecule has 1 aliphatic carbocycles. The SMILES string of the molecule is O=C(NC1CC1)c1cnc(Cl)cc1NC(=O)c1c(F)cccc1Cl. The van der Waals surface area contributed by atoms with E-state index in [-0.39, 0.29) is 38.9 Å². The summed E-state index contributed by atoms with van der Waals surface area (Å²) in [6, 6.07) is 5.39. The second kappa shape index (κ2) is 6.75. The molecule has 3 rings (SSSR count). The molecular weight excluding hydrogens is 356 g/mol. The Kier molecular flexibility index (Phi) is 4.69.